The van der Waals surface area contributed by atoms with Crippen LogP contribution in [0.5, 0.6) is 0 Å². The number of carboxylic acid groups (broad SMARTS) is 1. The highest BCUT2D eigenvalue weighted by atomic mass is 16.4. The van der Waals surface area contributed by atoms with Crippen LogP contribution in [0, 0.1) is 0 Å². The van der Waals surface area contributed by atoms with Crippen LogP contribution in [0.15, 0.2) is 0 Å². The largest absolute Gasteiger partial charge is 0.478 e. The molecule has 2 unspecified atom stereocenters. The van der Waals surface area contributed by atoms with Crippen LogP contribution in [0.25, 0.3) is 0 Å². The van der Waals surface area contributed by atoms with Crippen LogP contribution in [0.1, 0.15) is 20.3 Å². The van der Waals surface area contributed by atoms with Gasteiger partial charge in [-0.3, -0.25) is 5.73 Å². The standard InChI is InChI=1S/C6H13NO4/c1-3-5(2,10)6(7,11)4(8)9/h10-11H,3,7H2,1-2H3,(H,8,9). The molecule has 0 rings (SSSR count). The van der Waals surface area contributed by atoms with Crippen molar-refractivity contribution in [2.24, 2.45) is 5.73 Å². The van der Waals surface area contributed by atoms with Crippen molar-refractivity contribution in [3.63, 3.8) is 0 Å². The molecule has 5 N–H and O–H groups in total. The third-order valence-electron chi connectivity index (χ3n) is 1.84. The molecule has 66 valence electrons. The van der Waals surface area contributed by atoms with Crippen LogP contribution < -0.4 is 5.73 Å². The van der Waals surface area contributed by atoms with Crippen LogP contribution in [0.2, 0.25) is 0 Å². The molecule has 0 aromatic rings. The molecular formula is C6H13NO4. The van der Waals surface area contributed by atoms with E-state index >= 15 is 0 Å². The molecule has 0 heterocycles. The summed E-state index contributed by atoms with van der Waals surface area (Å²) in [7, 11) is 0. The molecule has 0 saturated carbocycles. The van der Waals surface area contributed by atoms with Gasteiger partial charge in [-0.15, -0.1) is 0 Å². The highest BCUT2D eigenvalue weighted by molar-refractivity contribution is 5.77. The Morgan fingerprint density at radius 2 is 1.91 bits per heavy atom. The van der Waals surface area contributed by atoms with Gasteiger partial charge in [0.1, 0.15) is 5.60 Å². The second-order valence-electron chi connectivity index (χ2n) is 2.70. The zero-order chi connectivity index (χ0) is 9.28. The van der Waals surface area contributed by atoms with Crippen LogP contribution in [-0.2, 0) is 4.79 Å². The van der Waals surface area contributed by atoms with E-state index in [-0.39, 0.29) is 6.42 Å². The molecule has 5 heteroatoms. The second-order valence-corrected chi connectivity index (χ2v) is 2.70. The van der Waals surface area contributed by atoms with Gasteiger partial charge >= 0.3 is 5.97 Å². The quantitative estimate of drug-likeness (QED) is 0.394. The molecule has 0 aliphatic carbocycles. The third kappa shape index (κ3) is 1.68. The highest BCUT2D eigenvalue weighted by Gasteiger charge is 2.47. The maximum Gasteiger partial charge on any atom is 0.354 e. The van der Waals surface area contributed by atoms with Crippen molar-refractivity contribution in [1.82, 2.24) is 0 Å². The average molecular weight is 163 g/mol. The van der Waals surface area contributed by atoms with Crippen LogP contribution >= 0.6 is 0 Å². The van der Waals surface area contributed by atoms with Crippen LogP contribution in [-0.4, -0.2) is 32.6 Å². The Hall–Kier alpha value is -0.650. The Kier molecular flexibility index (Phi) is 2.60. The number of aliphatic hydroxyl groups is 2. The van der Waals surface area contributed by atoms with Crippen LogP contribution in [0.4, 0.5) is 0 Å². The first-order valence-electron chi connectivity index (χ1n) is 3.22. The van der Waals surface area contributed by atoms with Gasteiger partial charge in [-0.2, -0.15) is 0 Å². The Morgan fingerprint density at radius 1 is 1.55 bits per heavy atom. The SMILES string of the molecule is CCC(C)(O)C(N)(O)C(=O)O. The molecular weight excluding hydrogens is 150 g/mol. The molecule has 0 aromatic carbocycles. The molecule has 0 fully saturated rings. The summed E-state index contributed by atoms with van der Waals surface area (Å²) in [6, 6.07) is 0. The van der Waals surface area contributed by atoms with Crippen molar-refractivity contribution in [3.05, 3.63) is 0 Å². The van der Waals surface area contributed by atoms with E-state index in [1.807, 2.05) is 0 Å². The summed E-state index contributed by atoms with van der Waals surface area (Å²) in [4.78, 5) is 10.3. The molecule has 11 heavy (non-hydrogen) atoms. The van der Waals surface area contributed by atoms with Gasteiger partial charge in [0.25, 0.3) is 0 Å². The summed E-state index contributed by atoms with van der Waals surface area (Å²) in [5.74, 6) is -1.63. The van der Waals surface area contributed by atoms with Crippen LogP contribution in [0.3, 0.4) is 0 Å². The molecule has 0 amide bonds. The first kappa shape index (κ1) is 10.3. The Balaban J connectivity index is 4.67. The molecule has 2 atom stereocenters. The zero-order valence-electron chi connectivity index (χ0n) is 6.53. The Bertz CT molecular complexity index is 164. The van der Waals surface area contributed by atoms with E-state index in [0.717, 1.165) is 0 Å². The lowest BCUT2D eigenvalue weighted by Crippen LogP contribution is -2.64. The van der Waals surface area contributed by atoms with E-state index in [1.54, 1.807) is 0 Å². The maximum atomic E-state index is 10.3. The molecule has 0 spiro atoms. The van der Waals surface area contributed by atoms with Crippen molar-refractivity contribution in [3.8, 4) is 0 Å². The average Bonchev–Trinajstić information content (AvgIpc) is 1.87. The van der Waals surface area contributed by atoms with Gasteiger partial charge in [0.15, 0.2) is 0 Å². The minimum Gasteiger partial charge on any atom is -0.478 e. The lowest BCUT2D eigenvalue weighted by Gasteiger charge is -2.33. The minimum absolute atomic E-state index is 0.0618. The highest BCUT2D eigenvalue weighted by Crippen LogP contribution is 2.20. The zero-order valence-corrected chi connectivity index (χ0v) is 6.53. The number of hydrogen-bond acceptors (Lipinski definition) is 4. The summed E-state index contributed by atoms with van der Waals surface area (Å²) in [5.41, 5.74) is 0.566. The third-order valence-corrected chi connectivity index (χ3v) is 1.84. The topological polar surface area (TPSA) is 104 Å². The van der Waals surface area contributed by atoms with Crippen molar-refractivity contribution >= 4 is 5.97 Å². The van der Waals surface area contributed by atoms with E-state index < -0.39 is 17.3 Å². The summed E-state index contributed by atoms with van der Waals surface area (Å²) in [6.07, 6.45) is 0.0618. The Labute approximate surface area is 64.4 Å². The van der Waals surface area contributed by atoms with Gasteiger partial charge in [0, 0.05) is 0 Å². The predicted octanol–water partition coefficient (Wildman–Crippen LogP) is -1.12. The lowest BCUT2D eigenvalue weighted by molar-refractivity contribution is -0.188. The van der Waals surface area contributed by atoms with E-state index in [9.17, 15) is 9.90 Å². The molecule has 0 saturated heterocycles. The summed E-state index contributed by atoms with van der Waals surface area (Å²) in [6.45, 7) is 2.70. The molecule has 5 nitrogen and oxygen atoms in total. The summed E-state index contributed by atoms with van der Waals surface area (Å²) < 4.78 is 0. The van der Waals surface area contributed by atoms with Crippen molar-refractivity contribution < 1.29 is 20.1 Å². The number of carboxylic acids is 1. The number of aliphatic carboxylic acids is 1. The fraction of sp³-hybridized carbons (Fsp3) is 0.833. The van der Waals surface area contributed by atoms with Crippen molar-refractivity contribution in [1.29, 1.82) is 0 Å². The molecule has 0 aliphatic rings. The molecule has 0 bridgehead atoms. The van der Waals surface area contributed by atoms with Gasteiger partial charge < -0.3 is 15.3 Å². The monoisotopic (exact) mass is 163 g/mol. The maximum absolute atomic E-state index is 10.3. The van der Waals surface area contributed by atoms with Gasteiger partial charge in [-0.05, 0) is 13.3 Å². The van der Waals surface area contributed by atoms with Gasteiger partial charge in [0.05, 0.1) is 0 Å². The normalized spacial score (nSPS) is 21.9. The first-order chi connectivity index (χ1) is 4.75. The predicted molar refractivity (Wildman–Crippen MR) is 37.7 cm³/mol. The van der Waals surface area contributed by atoms with E-state index in [4.69, 9.17) is 15.9 Å². The number of nitrogens with two attached hydrogens (primary N) is 1. The minimum atomic E-state index is -2.58. The van der Waals surface area contributed by atoms with E-state index in [0.29, 0.717) is 0 Å². The van der Waals surface area contributed by atoms with E-state index in [2.05, 4.69) is 0 Å². The first-order valence-corrected chi connectivity index (χ1v) is 3.22. The number of hydrogen-bond donors (Lipinski definition) is 4. The molecule has 0 aliphatic heterocycles. The lowest BCUT2D eigenvalue weighted by atomic mass is 9.90. The van der Waals surface area contributed by atoms with Crippen molar-refractivity contribution in [2.45, 2.75) is 31.6 Å². The second kappa shape index (κ2) is 2.77. The summed E-state index contributed by atoms with van der Waals surface area (Å²) in [5, 5.41) is 26.7. The van der Waals surface area contributed by atoms with E-state index in [1.165, 1.54) is 13.8 Å². The van der Waals surface area contributed by atoms with Gasteiger partial charge in [-0.1, -0.05) is 6.92 Å². The number of carbonyl (C=O) groups is 1. The molecule has 0 aromatic heterocycles. The molecule has 0 radical (unpaired) electrons. The number of rotatable bonds is 3. The fourth-order valence-corrected chi connectivity index (χ4v) is 0.500. The van der Waals surface area contributed by atoms with Gasteiger partial charge in [-0.25, -0.2) is 4.79 Å². The Morgan fingerprint density at radius 3 is 2.00 bits per heavy atom. The smallest absolute Gasteiger partial charge is 0.354 e. The summed E-state index contributed by atoms with van der Waals surface area (Å²) >= 11 is 0. The fourth-order valence-electron chi connectivity index (χ4n) is 0.500. The van der Waals surface area contributed by atoms with Gasteiger partial charge in [0.2, 0.25) is 5.72 Å². The van der Waals surface area contributed by atoms with Crippen molar-refractivity contribution in [2.75, 3.05) is 0 Å².